The van der Waals surface area contributed by atoms with Crippen LogP contribution in [0.5, 0.6) is 5.75 Å². The molecule has 0 aliphatic heterocycles. The quantitative estimate of drug-likeness (QED) is 0.903. The predicted molar refractivity (Wildman–Crippen MR) is 96.4 cm³/mol. The van der Waals surface area contributed by atoms with E-state index in [1.807, 2.05) is 25.1 Å². The molecule has 0 spiro atoms. The zero-order chi connectivity index (χ0) is 18.3. The number of carbonyl (C=O) groups excluding carboxylic acids is 2. The molecule has 0 bridgehead atoms. The van der Waals surface area contributed by atoms with Gasteiger partial charge in [-0.1, -0.05) is 13.0 Å². The fourth-order valence-electron chi connectivity index (χ4n) is 3.94. The number of ether oxygens (including phenoxy) is 1. The van der Waals surface area contributed by atoms with Gasteiger partial charge in [0.05, 0.1) is 5.56 Å². The lowest BCUT2D eigenvalue weighted by molar-refractivity contribution is -0.118. The largest absolute Gasteiger partial charge is 0.483 e. The van der Waals surface area contributed by atoms with Gasteiger partial charge in [-0.3, -0.25) is 9.59 Å². The molecule has 26 heavy (non-hydrogen) atoms. The first-order valence-electron chi connectivity index (χ1n) is 8.93. The first kappa shape index (κ1) is 16.8. The first-order chi connectivity index (χ1) is 12.5. The number of fused-ring (bicyclic) bond motifs is 2. The number of carbonyl (C=O) groups is 2. The molecular weight excluding hydrogens is 333 g/mol. The van der Waals surface area contributed by atoms with E-state index in [-0.39, 0.29) is 41.9 Å². The monoisotopic (exact) mass is 353 g/mol. The van der Waals surface area contributed by atoms with Crippen molar-refractivity contribution in [3.05, 3.63) is 58.4 Å². The number of benzene rings is 2. The Morgan fingerprint density at radius 3 is 2.88 bits per heavy atom. The molecule has 2 aromatic rings. The van der Waals surface area contributed by atoms with Gasteiger partial charge in [0.25, 0.3) is 5.91 Å². The number of hydrogen-bond donors (Lipinski definition) is 1. The summed E-state index contributed by atoms with van der Waals surface area (Å²) < 4.78 is 19.6. The Labute approximate surface area is 151 Å². The van der Waals surface area contributed by atoms with Gasteiger partial charge in [0.1, 0.15) is 11.6 Å². The SMILES string of the molecule is CC1CC(=O)c2c(OCC(=O)Nc3ccc4c(c3)CCC4)ccc(F)c21. The molecule has 1 N–H and O–H groups in total. The van der Waals surface area contributed by atoms with E-state index in [9.17, 15) is 14.0 Å². The molecular formula is C21H20FNO3. The average Bonchev–Trinajstić information content (AvgIpc) is 3.19. The van der Waals surface area contributed by atoms with Crippen molar-refractivity contribution in [1.29, 1.82) is 0 Å². The second kappa shape index (κ2) is 6.56. The summed E-state index contributed by atoms with van der Waals surface area (Å²) >= 11 is 0. The summed E-state index contributed by atoms with van der Waals surface area (Å²) in [6.07, 6.45) is 3.55. The Kier molecular flexibility index (Phi) is 4.23. The summed E-state index contributed by atoms with van der Waals surface area (Å²) in [5, 5.41) is 2.82. The van der Waals surface area contributed by atoms with Crippen LogP contribution in [0.15, 0.2) is 30.3 Å². The summed E-state index contributed by atoms with van der Waals surface area (Å²) in [6, 6.07) is 8.66. The van der Waals surface area contributed by atoms with Gasteiger partial charge in [0.2, 0.25) is 0 Å². The molecule has 2 aliphatic carbocycles. The minimum Gasteiger partial charge on any atom is -0.483 e. The van der Waals surface area contributed by atoms with Gasteiger partial charge < -0.3 is 10.1 Å². The zero-order valence-electron chi connectivity index (χ0n) is 14.6. The fourth-order valence-corrected chi connectivity index (χ4v) is 3.94. The molecule has 0 heterocycles. The van der Waals surface area contributed by atoms with Crippen LogP contribution in [0.1, 0.15) is 52.7 Å². The van der Waals surface area contributed by atoms with Crippen molar-refractivity contribution in [3.8, 4) is 5.75 Å². The summed E-state index contributed by atoms with van der Waals surface area (Å²) in [5.41, 5.74) is 4.04. The second-order valence-electron chi connectivity index (χ2n) is 7.04. The molecule has 2 aromatic carbocycles. The number of nitrogens with one attached hydrogen (secondary N) is 1. The molecule has 1 atom stereocenters. The Morgan fingerprint density at radius 2 is 2.04 bits per heavy atom. The van der Waals surface area contributed by atoms with Crippen molar-refractivity contribution in [3.63, 3.8) is 0 Å². The maximum absolute atomic E-state index is 14.0. The van der Waals surface area contributed by atoms with Crippen molar-refractivity contribution in [2.24, 2.45) is 0 Å². The summed E-state index contributed by atoms with van der Waals surface area (Å²) in [6.45, 7) is 1.59. The Bertz CT molecular complexity index is 906. The molecule has 1 unspecified atom stereocenters. The third kappa shape index (κ3) is 2.98. The molecule has 4 rings (SSSR count). The molecule has 0 fully saturated rings. The van der Waals surface area contributed by atoms with Crippen molar-refractivity contribution in [2.75, 3.05) is 11.9 Å². The first-order valence-corrected chi connectivity index (χ1v) is 8.93. The van der Waals surface area contributed by atoms with E-state index >= 15 is 0 Å². The van der Waals surface area contributed by atoms with Crippen LogP contribution in [-0.2, 0) is 17.6 Å². The number of rotatable bonds is 4. The van der Waals surface area contributed by atoms with Gasteiger partial charge in [-0.05, 0) is 60.6 Å². The van der Waals surface area contributed by atoms with Crippen LogP contribution < -0.4 is 10.1 Å². The Hall–Kier alpha value is -2.69. The number of ketones is 1. The van der Waals surface area contributed by atoms with E-state index in [4.69, 9.17) is 4.74 Å². The van der Waals surface area contributed by atoms with Crippen LogP contribution in [0, 0.1) is 5.82 Å². The van der Waals surface area contributed by atoms with E-state index in [2.05, 4.69) is 5.32 Å². The van der Waals surface area contributed by atoms with Crippen LogP contribution in [0.2, 0.25) is 0 Å². The van der Waals surface area contributed by atoms with Crippen molar-refractivity contribution in [2.45, 2.75) is 38.5 Å². The highest BCUT2D eigenvalue weighted by Gasteiger charge is 2.32. The van der Waals surface area contributed by atoms with E-state index < -0.39 is 5.82 Å². The Balaban J connectivity index is 1.45. The van der Waals surface area contributed by atoms with Gasteiger partial charge in [0.15, 0.2) is 12.4 Å². The smallest absolute Gasteiger partial charge is 0.262 e. The van der Waals surface area contributed by atoms with E-state index in [1.54, 1.807) is 0 Å². The standard InChI is InChI=1S/C21H20FNO3/c1-12-9-17(24)21-18(8-7-16(22)20(12)21)26-11-19(25)23-15-6-5-13-3-2-4-14(13)10-15/h5-8,10,12H,2-4,9,11H2,1H3,(H,23,25). The van der Waals surface area contributed by atoms with Gasteiger partial charge in [-0.2, -0.15) is 0 Å². The van der Waals surface area contributed by atoms with E-state index in [1.165, 1.54) is 23.3 Å². The van der Waals surface area contributed by atoms with Gasteiger partial charge in [-0.25, -0.2) is 4.39 Å². The summed E-state index contributed by atoms with van der Waals surface area (Å²) in [4.78, 5) is 24.3. The molecule has 4 nitrogen and oxygen atoms in total. The topological polar surface area (TPSA) is 55.4 Å². The molecule has 0 saturated heterocycles. The van der Waals surface area contributed by atoms with Crippen LogP contribution >= 0.6 is 0 Å². The number of Topliss-reactive ketones (excluding diaryl/α,β-unsaturated/α-hetero) is 1. The van der Waals surface area contributed by atoms with Crippen LogP contribution in [0.25, 0.3) is 0 Å². The third-order valence-electron chi connectivity index (χ3n) is 5.16. The maximum Gasteiger partial charge on any atom is 0.262 e. The number of anilines is 1. The molecule has 0 radical (unpaired) electrons. The molecule has 0 aromatic heterocycles. The molecule has 134 valence electrons. The number of aryl methyl sites for hydroxylation is 2. The maximum atomic E-state index is 14.0. The second-order valence-corrected chi connectivity index (χ2v) is 7.04. The van der Waals surface area contributed by atoms with Gasteiger partial charge in [0, 0.05) is 17.7 Å². The third-order valence-corrected chi connectivity index (χ3v) is 5.16. The van der Waals surface area contributed by atoms with E-state index in [0.29, 0.717) is 5.56 Å². The van der Waals surface area contributed by atoms with Gasteiger partial charge in [-0.15, -0.1) is 0 Å². The molecule has 0 saturated carbocycles. The molecule has 2 aliphatic rings. The molecule has 5 heteroatoms. The highest BCUT2D eigenvalue weighted by atomic mass is 19.1. The van der Waals surface area contributed by atoms with Crippen molar-refractivity contribution in [1.82, 2.24) is 0 Å². The van der Waals surface area contributed by atoms with E-state index in [0.717, 1.165) is 24.9 Å². The minimum absolute atomic E-state index is 0.138. The number of halogens is 1. The molecule has 1 amide bonds. The normalized spacial score (nSPS) is 17.8. The predicted octanol–water partition coefficient (Wildman–Crippen LogP) is 4.02. The lowest BCUT2D eigenvalue weighted by atomic mass is 10.0. The summed E-state index contributed by atoms with van der Waals surface area (Å²) in [7, 11) is 0. The zero-order valence-corrected chi connectivity index (χ0v) is 14.6. The highest BCUT2D eigenvalue weighted by molar-refractivity contribution is 6.04. The number of hydrogen-bond acceptors (Lipinski definition) is 3. The van der Waals surface area contributed by atoms with Crippen LogP contribution in [0.4, 0.5) is 10.1 Å². The van der Waals surface area contributed by atoms with Crippen molar-refractivity contribution >= 4 is 17.4 Å². The summed E-state index contributed by atoms with van der Waals surface area (Å²) in [5.74, 6) is -0.727. The lowest BCUT2D eigenvalue weighted by Crippen LogP contribution is -2.21. The fraction of sp³-hybridized carbons (Fsp3) is 0.333. The number of amides is 1. The van der Waals surface area contributed by atoms with Crippen LogP contribution in [0.3, 0.4) is 0 Å². The van der Waals surface area contributed by atoms with Gasteiger partial charge >= 0.3 is 0 Å². The lowest BCUT2D eigenvalue weighted by Gasteiger charge is -2.12. The van der Waals surface area contributed by atoms with Crippen LogP contribution in [-0.4, -0.2) is 18.3 Å². The Morgan fingerprint density at radius 1 is 1.23 bits per heavy atom. The highest BCUT2D eigenvalue weighted by Crippen LogP contribution is 2.39. The average molecular weight is 353 g/mol. The van der Waals surface area contributed by atoms with Crippen molar-refractivity contribution < 1.29 is 18.7 Å². The minimum atomic E-state index is -0.395.